The minimum Gasteiger partial charge on any atom is -0.336 e. The number of fused-ring (bicyclic) bond motifs is 1. The van der Waals surface area contributed by atoms with Crippen molar-refractivity contribution in [3.8, 4) is 0 Å². The summed E-state index contributed by atoms with van der Waals surface area (Å²) in [6.07, 6.45) is 0.814. The minimum atomic E-state index is -0.277. The number of para-hydroxylation sites is 1. The standard InChI is InChI=1S/C19H18Cl2N2O2/c1-13(24)23(19-16(20)7-4-8-17(19)21)12-18(25)22-10-9-14-5-2-3-6-15(14)11-22/h2-8H,9-12H2,1H3. The highest BCUT2D eigenvalue weighted by atomic mass is 35.5. The van der Waals surface area contributed by atoms with Crippen molar-refractivity contribution in [1.29, 1.82) is 0 Å². The van der Waals surface area contributed by atoms with Crippen molar-refractivity contribution in [3.63, 3.8) is 0 Å². The highest BCUT2D eigenvalue weighted by molar-refractivity contribution is 6.40. The minimum absolute atomic E-state index is 0.0824. The van der Waals surface area contributed by atoms with Gasteiger partial charge in [-0.15, -0.1) is 0 Å². The maximum Gasteiger partial charge on any atom is 0.242 e. The van der Waals surface area contributed by atoms with E-state index in [1.807, 2.05) is 18.2 Å². The molecule has 1 aliphatic heterocycles. The molecule has 0 fully saturated rings. The molecule has 0 radical (unpaired) electrons. The Bertz CT molecular complexity index is 803. The van der Waals surface area contributed by atoms with Crippen molar-refractivity contribution in [2.45, 2.75) is 19.9 Å². The topological polar surface area (TPSA) is 40.6 Å². The van der Waals surface area contributed by atoms with E-state index in [1.54, 1.807) is 23.1 Å². The SMILES string of the molecule is CC(=O)N(CC(=O)N1CCc2ccccc2C1)c1c(Cl)cccc1Cl. The molecule has 0 bridgehead atoms. The van der Waals surface area contributed by atoms with Gasteiger partial charge in [0.2, 0.25) is 11.8 Å². The van der Waals surface area contributed by atoms with Crippen LogP contribution >= 0.6 is 23.2 Å². The molecular weight excluding hydrogens is 359 g/mol. The summed E-state index contributed by atoms with van der Waals surface area (Å²) in [5, 5.41) is 0.693. The van der Waals surface area contributed by atoms with E-state index in [0.29, 0.717) is 28.8 Å². The van der Waals surface area contributed by atoms with Gasteiger partial charge in [-0.1, -0.05) is 53.5 Å². The third kappa shape index (κ3) is 3.80. The number of halogens is 2. The van der Waals surface area contributed by atoms with E-state index in [-0.39, 0.29) is 18.4 Å². The molecule has 6 heteroatoms. The van der Waals surface area contributed by atoms with Gasteiger partial charge >= 0.3 is 0 Å². The molecule has 0 spiro atoms. The Balaban J connectivity index is 1.80. The van der Waals surface area contributed by atoms with Crippen LogP contribution in [0, 0.1) is 0 Å². The second-order valence-electron chi connectivity index (χ2n) is 6.01. The number of nitrogens with zero attached hydrogens (tertiary/aromatic N) is 2. The normalized spacial score (nSPS) is 13.3. The van der Waals surface area contributed by atoms with Crippen LogP contribution in [0.5, 0.6) is 0 Å². The predicted octanol–water partition coefficient (Wildman–Crippen LogP) is 3.93. The fraction of sp³-hybridized carbons (Fsp3) is 0.263. The Labute approximate surface area is 156 Å². The summed E-state index contributed by atoms with van der Waals surface area (Å²) in [7, 11) is 0. The number of benzene rings is 2. The van der Waals surface area contributed by atoms with E-state index in [0.717, 1.165) is 12.0 Å². The predicted molar refractivity (Wildman–Crippen MR) is 100 cm³/mol. The first-order chi connectivity index (χ1) is 12.0. The molecule has 1 aliphatic rings. The zero-order valence-corrected chi connectivity index (χ0v) is 15.3. The van der Waals surface area contributed by atoms with Gasteiger partial charge in [-0.25, -0.2) is 0 Å². The maximum absolute atomic E-state index is 12.8. The summed E-state index contributed by atoms with van der Waals surface area (Å²) in [6.45, 7) is 2.51. The number of hydrogen-bond acceptors (Lipinski definition) is 2. The lowest BCUT2D eigenvalue weighted by Gasteiger charge is -2.31. The second kappa shape index (κ2) is 7.46. The Morgan fingerprint density at radius 3 is 2.32 bits per heavy atom. The van der Waals surface area contributed by atoms with Gasteiger partial charge in [0, 0.05) is 20.0 Å². The Morgan fingerprint density at radius 1 is 1.04 bits per heavy atom. The van der Waals surface area contributed by atoms with Crippen LogP contribution in [-0.4, -0.2) is 29.8 Å². The number of anilines is 1. The van der Waals surface area contributed by atoms with Crippen molar-refractivity contribution in [1.82, 2.24) is 4.90 Å². The van der Waals surface area contributed by atoms with Crippen molar-refractivity contribution in [2.75, 3.05) is 18.0 Å². The molecule has 3 rings (SSSR count). The van der Waals surface area contributed by atoms with Gasteiger partial charge in [0.05, 0.1) is 15.7 Å². The van der Waals surface area contributed by atoms with Gasteiger partial charge in [0.15, 0.2) is 0 Å². The summed E-state index contributed by atoms with van der Waals surface area (Å²) >= 11 is 12.4. The van der Waals surface area contributed by atoms with Gasteiger partial charge in [-0.05, 0) is 29.7 Å². The number of carbonyl (C=O) groups excluding carboxylic acids is 2. The molecule has 25 heavy (non-hydrogen) atoms. The zero-order chi connectivity index (χ0) is 18.0. The van der Waals surface area contributed by atoms with Crippen LogP contribution in [0.2, 0.25) is 10.0 Å². The van der Waals surface area contributed by atoms with Gasteiger partial charge < -0.3 is 9.80 Å². The van der Waals surface area contributed by atoms with Gasteiger partial charge in [-0.2, -0.15) is 0 Å². The number of carbonyl (C=O) groups is 2. The smallest absolute Gasteiger partial charge is 0.242 e. The van der Waals surface area contributed by atoms with Crippen molar-refractivity contribution >= 4 is 40.7 Å². The monoisotopic (exact) mass is 376 g/mol. The number of rotatable bonds is 3. The number of amides is 2. The molecule has 2 aromatic rings. The molecule has 0 saturated carbocycles. The maximum atomic E-state index is 12.8. The molecular formula is C19H18Cl2N2O2. The van der Waals surface area contributed by atoms with E-state index in [9.17, 15) is 9.59 Å². The molecule has 2 amide bonds. The van der Waals surface area contributed by atoms with Gasteiger partial charge in [-0.3, -0.25) is 9.59 Å². The van der Waals surface area contributed by atoms with E-state index in [4.69, 9.17) is 23.2 Å². The van der Waals surface area contributed by atoms with Crippen LogP contribution in [0.4, 0.5) is 5.69 Å². The molecule has 0 aliphatic carbocycles. The van der Waals surface area contributed by atoms with E-state index in [1.165, 1.54) is 17.4 Å². The first-order valence-corrected chi connectivity index (χ1v) is 8.79. The van der Waals surface area contributed by atoms with Crippen molar-refractivity contribution in [2.24, 2.45) is 0 Å². The summed E-state index contributed by atoms with van der Waals surface area (Å²) in [4.78, 5) is 28.0. The highest BCUT2D eigenvalue weighted by Gasteiger charge is 2.26. The van der Waals surface area contributed by atoms with Crippen LogP contribution in [0.25, 0.3) is 0 Å². The lowest BCUT2D eigenvalue weighted by atomic mass is 10.00. The fourth-order valence-corrected chi connectivity index (χ4v) is 3.64. The summed E-state index contributed by atoms with van der Waals surface area (Å²) < 4.78 is 0. The highest BCUT2D eigenvalue weighted by Crippen LogP contribution is 2.33. The quantitative estimate of drug-likeness (QED) is 0.813. The first kappa shape index (κ1) is 17.8. The molecule has 0 N–H and O–H groups in total. The molecule has 2 aromatic carbocycles. The van der Waals surface area contributed by atoms with Crippen LogP contribution in [0.15, 0.2) is 42.5 Å². The van der Waals surface area contributed by atoms with Crippen LogP contribution in [0.3, 0.4) is 0 Å². The lowest BCUT2D eigenvalue weighted by molar-refractivity contribution is -0.132. The first-order valence-electron chi connectivity index (χ1n) is 8.04. The average Bonchev–Trinajstić information content (AvgIpc) is 2.60. The van der Waals surface area contributed by atoms with E-state index in [2.05, 4.69) is 6.07 Å². The molecule has 0 atom stereocenters. The lowest BCUT2D eigenvalue weighted by Crippen LogP contribution is -2.44. The van der Waals surface area contributed by atoms with Crippen LogP contribution < -0.4 is 4.90 Å². The zero-order valence-electron chi connectivity index (χ0n) is 13.8. The third-order valence-electron chi connectivity index (χ3n) is 4.36. The molecule has 1 heterocycles. The summed E-state index contributed by atoms with van der Waals surface area (Å²) in [6, 6.07) is 13.1. The Hall–Kier alpha value is -2.04. The summed E-state index contributed by atoms with van der Waals surface area (Å²) in [5.41, 5.74) is 2.79. The second-order valence-corrected chi connectivity index (χ2v) is 6.82. The summed E-state index contributed by atoms with van der Waals surface area (Å²) in [5.74, 6) is -0.401. The third-order valence-corrected chi connectivity index (χ3v) is 4.97. The molecule has 130 valence electrons. The molecule has 0 unspecified atom stereocenters. The van der Waals surface area contributed by atoms with Crippen LogP contribution in [-0.2, 0) is 22.6 Å². The van der Waals surface area contributed by atoms with Gasteiger partial charge in [0.1, 0.15) is 6.54 Å². The van der Waals surface area contributed by atoms with Crippen molar-refractivity contribution in [3.05, 3.63) is 63.6 Å². The Kier molecular flexibility index (Phi) is 5.30. The van der Waals surface area contributed by atoms with E-state index >= 15 is 0 Å². The largest absolute Gasteiger partial charge is 0.336 e. The Morgan fingerprint density at radius 2 is 1.68 bits per heavy atom. The van der Waals surface area contributed by atoms with E-state index < -0.39 is 0 Å². The van der Waals surface area contributed by atoms with Crippen molar-refractivity contribution < 1.29 is 9.59 Å². The van der Waals surface area contributed by atoms with Crippen LogP contribution in [0.1, 0.15) is 18.1 Å². The average molecular weight is 377 g/mol. The molecule has 0 saturated heterocycles. The molecule has 0 aromatic heterocycles. The molecule has 4 nitrogen and oxygen atoms in total. The number of hydrogen-bond donors (Lipinski definition) is 0. The fourth-order valence-electron chi connectivity index (χ4n) is 3.04. The van der Waals surface area contributed by atoms with Gasteiger partial charge in [0.25, 0.3) is 0 Å².